The number of ether oxygens (including phenoxy) is 1. The zero-order chi connectivity index (χ0) is 11.6. The quantitative estimate of drug-likeness (QED) is 0.641. The van der Waals surface area contributed by atoms with E-state index in [-0.39, 0.29) is 22.8 Å². The molecular weight excluding hydrogens is 200 g/mol. The minimum absolute atomic E-state index is 0.0509. The standard InChI is InChI=1S/C10H12O5/c1-5(11)9(14)7-3-6(12)4-8(13)10(7)15-2/h3-5,11-13H,1-2H3/t5-/m0/s1. The summed E-state index contributed by atoms with van der Waals surface area (Å²) >= 11 is 0. The number of aliphatic hydroxyl groups is 1. The van der Waals surface area contributed by atoms with Crippen LogP contribution >= 0.6 is 0 Å². The van der Waals surface area contributed by atoms with Crippen LogP contribution in [0, 0.1) is 0 Å². The highest BCUT2D eigenvalue weighted by molar-refractivity contribution is 6.02. The Morgan fingerprint density at radius 1 is 1.40 bits per heavy atom. The van der Waals surface area contributed by atoms with E-state index in [0.717, 1.165) is 12.1 Å². The van der Waals surface area contributed by atoms with Crippen molar-refractivity contribution in [2.45, 2.75) is 13.0 Å². The molecule has 0 aliphatic carbocycles. The highest BCUT2D eigenvalue weighted by Gasteiger charge is 2.20. The molecule has 0 unspecified atom stereocenters. The van der Waals surface area contributed by atoms with Crippen LogP contribution in [0.15, 0.2) is 12.1 Å². The van der Waals surface area contributed by atoms with Gasteiger partial charge in [0.1, 0.15) is 11.9 Å². The summed E-state index contributed by atoms with van der Waals surface area (Å²) in [5.74, 6) is -1.30. The Morgan fingerprint density at radius 2 is 2.00 bits per heavy atom. The van der Waals surface area contributed by atoms with Gasteiger partial charge in [0.05, 0.1) is 12.7 Å². The summed E-state index contributed by atoms with van der Waals surface area (Å²) in [6.45, 7) is 1.29. The smallest absolute Gasteiger partial charge is 0.194 e. The highest BCUT2D eigenvalue weighted by atomic mass is 16.5. The minimum Gasteiger partial charge on any atom is -0.508 e. The van der Waals surface area contributed by atoms with Crippen molar-refractivity contribution in [2.24, 2.45) is 0 Å². The molecule has 5 heteroatoms. The average Bonchev–Trinajstić information content (AvgIpc) is 2.15. The lowest BCUT2D eigenvalue weighted by atomic mass is 10.1. The topological polar surface area (TPSA) is 87.0 Å². The van der Waals surface area contributed by atoms with Gasteiger partial charge >= 0.3 is 0 Å². The number of aliphatic hydroxyl groups excluding tert-OH is 1. The lowest BCUT2D eigenvalue weighted by Gasteiger charge is -2.11. The van der Waals surface area contributed by atoms with Crippen molar-refractivity contribution in [1.82, 2.24) is 0 Å². The van der Waals surface area contributed by atoms with Crippen molar-refractivity contribution in [3.63, 3.8) is 0 Å². The molecule has 0 bridgehead atoms. The van der Waals surface area contributed by atoms with Gasteiger partial charge in [-0.3, -0.25) is 4.79 Å². The molecule has 0 amide bonds. The van der Waals surface area contributed by atoms with Crippen LogP contribution in [0.3, 0.4) is 0 Å². The van der Waals surface area contributed by atoms with Crippen molar-refractivity contribution >= 4 is 5.78 Å². The lowest BCUT2D eigenvalue weighted by Crippen LogP contribution is -2.17. The van der Waals surface area contributed by atoms with E-state index in [9.17, 15) is 15.0 Å². The van der Waals surface area contributed by atoms with Crippen molar-refractivity contribution in [1.29, 1.82) is 0 Å². The first-order chi connectivity index (χ1) is 6.97. The number of phenols is 2. The predicted molar refractivity (Wildman–Crippen MR) is 52.3 cm³/mol. The summed E-state index contributed by atoms with van der Waals surface area (Å²) in [5.41, 5.74) is -0.0509. The van der Waals surface area contributed by atoms with E-state index in [1.54, 1.807) is 0 Å². The summed E-state index contributed by atoms with van der Waals surface area (Å²) in [6.07, 6.45) is -1.22. The molecule has 1 aromatic rings. The van der Waals surface area contributed by atoms with Gasteiger partial charge in [-0.15, -0.1) is 0 Å². The number of benzene rings is 1. The maximum absolute atomic E-state index is 11.5. The van der Waals surface area contributed by atoms with Crippen LogP contribution in [0.25, 0.3) is 0 Å². The van der Waals surface area contributed by atoms with E-state index in [1.807, 2.05) is 0 Å². The van der Waals surface area contributed by atoms with Crippen LogP contribution in [0.4, 0.5) is 0 Å². The van der Waals surface area contributed by atoms with Gasteiger partial charge in [-0.1, -0.05) is 0 Å². The highest BCUT2D eigenvalue weighted by Crippen LogP contribution is 2.34. The van der Waals surface area contributed by atoms with Crippen molar-refractivity contribution in [3.8, 4) is 17.2 Å². The SMILES string of the molecule is COc1c(O)cc(O)cc1C(=O)[C@H](C)O. The molecule has 0 spiro atoms. The number of ketones is 1. The molecule has 15 heavy (non-hydrogen) atoms. The van der Waals surface area contributed by atoms with Gasteiger partial charge < -0.3 is 20.1 Å². The molecule has 0 saturated carbocycles. The number of carbonyl (C=O) groups is 1. The maximum Gasteiger partial charge on any atom is 0.194 e. The number of phenolic OH excluding ortho intramolecular Hbond substituents is 2. The molecule has 1 aromatic carbocycles. The molecule has 0 saturated heterocycles. The summed E-state index contributed by atoms with van der Waals surface area (Å²) in [6, 6.07) is 2.19. The van der Waals surface area contributed by atoms with Gasteiger partial charge in [0.15, 0.2) is 17.3 Å². The van der Waals surface area contributed by atoms with Crippen LogP contribution in [0.5, 0.6) is 17.2 Å². The second kappa shape index (κ2) is 4.18. The van der Waals surface area contributed by atoms with Gasteiger partial charge in [0.25, 0.3) is 0 Å². The summed E-state index contributed by atoms with van der Waals surface area (Å²) < 4.78 is 4.81. The predicted octanol–water partition coefficient (Wildman–Crippen LogP) is 0.670. The number of rotatable bonds is 3. The van der Waals surface area contributed by atoms with E-state index in [2.05, 4.69) is 0 Å². The number of methoxy groups -OCH3 is 1. The lowest BCUT2D eigenvalue weighted by molar-refractivity contribution is 0.0775. The Labute approximate surface area is 86.5 Å². The maximum atomic E-state index is 11.5. The third-order valence-corrected chi connectivity index (χ3v) is 1.90. The van der Waals surface area contributed by atoms with Crippen molar-refractivity contribution in [3.05, 3.63) is 17.7 Å². The van der Waals surface area contributed by atoms with Gasteiger partial charge in [-0.2, -0.15) is 0 Å². The molecular formula is C10H12O5. The molecule has 0 fully saturated rings. The summed E-state index contributed by atoms with van der Waals surface area (Å²) in [4.78, 5) is 11.5. The molecule has 1 atom stereocenters. The second-order valence-electron chi connectivity index (χ2n) is 3.09. The Kier molecular flexibility index (Phi) is 3.16. The Bertz CT molecular complexity index is 384. The van der Waals surface area contributed by atoms with Crippen LogP contribution in [-0.4, -0.2) is 34.3 Å². The van der Waals surface area contributed by atoms with E-state index in [0.29, 0.717) is 0 Å². The molecule has 0 aliphatic rings. The average molecular weight is 212 g/mol. The van der Waals surface area contributed by atoms with Gasteiger partial charge in [-0.05, 0) is 13.0 Å². The van der Waals surface area contributed by atoms with Gasteiger partial charge in [0.2, 0.25) is 0 Å². The van der Waals surface area contributed by atoms with Crippen molar-refractivity contribution in [2.75, 3.05) is 7.11 Å². The number of carbonyl (C=O) groups excluding carboxylic acids is 1. The summed E-state index contributed by atoms with van der Waals surface area (Å²) in [7, 11) is 1.28. The fourth-order valence-corrected chi connectivity index (χ4v) is 1.22. The molecule has 1 rings (SSSR count). The fraction of sp³-hybridized carbons (Fsp3) is 0.300. The first-order valence-corrected chi connectivity index (χ1v) is 4.29. The summed E-state index contributed by atoms with van der Waals surface area (Å²) in [5, 5.41) is 27.7. The number of Topliss-reactive ketones (excluding diaryl/α,β-unsaturated/α-hetero) is 1. The van der Waals surface area contributed by atoms with E-state index < -0.39 is 11.9 Å². The largest absolute Gasteiger partial charge is 0.508 e. The fourth-order valence-electron chi connectivity index (χ4n) is 1.22. The van der Waals surface area contributed by atoms with E-state index in [4.69, 9.17) is 9.84 Å². The zero-order valence-electron chi connectivity index (χ0n) is 8.39. The minimum atomic E-state index is -1.22. The molecule has 5 nitrogen and oxygen atoms in total. The monoisotopic (exact) mass is 212 g/mol. The third-order valence-electron chi connectivity index (χ3n) is 1.90. The molecule has 0 aliphatic heterocycles. The number of hydrogen-bond acceptors (Lipinski definition) is 5. The van der Waals surface area contributed by atoms with Crippen LogP contribution in [0.1, 0.15) is 17.3 Å². The van der Waals surface area contributed by atoms with Crippen LogP contribution in [0.2, 0.25) is 0 Å². The van der Waals surface area contributed by atoms with Crippen LogP contribution < -0.4 is 4.74 Å². The van der Waals surface area contributed by atoms with Gasteiger partial charge in [0, 0.05) is 6.07 Å². The molecule has 0 aromatic heterocycles. The Morgan fingerprint density at radius 3 is 2.47 bits per heavy atom. The molecule has 0 heterocycles. The van der Waals surface area contributed by atoms with Crippen LogP contribution in [-0.2, 0) is 0 Å². The molecule has 0 radical (unpaired) electrons. The molecule has 82 valence electrons. The van der Waals surface area contributed by atoms with Crippen molar-refractivity contribution < 1.29 is 24.9 Å². The molecule has 3 N–H and O–H groups in total. The number of aromatic hydroxyl groups is 2. The first kappa shape index (κ1) is 11.3. The first-order valence-electron chi connectivity index (χ1n) is 4.29. The Hall–Kier alpha value is -1.75. The number of hydrogen-bond donors (Lipinski definition) is 3. The Balaban J connectivity index is 3.32. The van der Waals surface area contributed by atoms with E-state index in [1.165, 1.54) is 14.0 Å². The second-order valence-corrected chi connectivity index (χ2v) is 3.09. The zero-order valence-corrected chi connectivity index (χ0v) is 8.39. The van der Waals surface area contributed by atoms with Gasteiger partial charge in [-0.25, -0.2) is 0 Å². The van der Waals surface area contributed by atoms with E-state index >= 15 is 0 Å². The third kappa shape index (κ3) is 2.19. The normalized spacial score (nSPS) is 12.2.